The van der Waals surface area contributed by atoms with Crippen molar-refractivity contribution in [2.24, 2.45) is 5.41 Å². The van der Waals surface area contributed by atoms with Crippen LogP contribution < -0.4 is 5.32 Å². The van der Waals surface area contributed by atoms with E-state index in [0.29, 0.717) is 11.3 Å². The highest BCUT2D eigenvalue weighted by atomic mass is 16.3. The minimum atomic E-state index is -0.265. The number of benzene rings is 1. The molecule has 0 radical (unpaired) electrons. The quantitative estimate of drug-likeness (QED) is 0.786. The first-order valence-corrected chi connectivity index (χ1v) is 8.68. The molecular weight excluding hydrogens is 304 g/mol. The molecule has 132 valence electrons. The van der Waals surface area contributed by atoms with Crippen LogP contribution in [0.4, 0.5) is 5.69 Å². The highest BCUT2D eigenvalue weighted by molar-refractivity contribution is 6.04. The van der Waals surface area contributed by atoms with Gasteiger partial charge in [-0.05, 0) is 63.7 Å². The fraction of sp³-hybridized carbons (Fsp3) is 0.579. The summed E-state index contributed by atoms with van der Waals surface area (Å²) in [6, 6.07) is 6.81. The van der Waals surface area contributed by atoms with Crippen molar-refractivity contribution in [3.63, 3.8) is 0 Å². The van der Waals surface area contributed by atoms with E-state index in [-0.39, 0.29) is 29.8 Å². The van der Waals surface area contributed by atoms with Gasteiger partial charge in [0.1, 0.15) is 0 Å². The molecule has 5 nitrogen and oxygen atoms in total. The minimum absolute atomic E-state index is 0.00786. The van der Waals surface area contributed by atoms with Crippen LogP contribution in [0.1, 0.15) is 50.4 Å². The van der Waals surface area contributed by atoms with Crippen molar-refractivity contribution in [1.29, 1.82) is 0 Å². The number of nitrogens with zero attached hydrogens (tertiary/aromatic N) is 1. The van der Waals surface area contributed by atoms with E-state index in [0.717, 1.165) is 32.4 Å². The first-order valence-electron chi connectivity index (χ1n) is 8.68. The van der Waals surface area contributed by atoms with Crippen molar-refractivity contribution in [1.82, 2.24) is 4.90 Å². The van der Waals surface area contributed by atoms with E-state index in [4.69, 9.17) is 0 Å². The highest BCUT2D eigenvalue weighted by Crippen LogP contribution is 2.34. The van der Waals surface area contributed by atoms with Crippen LogP contribution in [0.15, 0.2) is 24.3 Å². The van der Waals surface area contributed by atoms with Crippen molar-refractivity contribution in [3.05, 3.63) is 29.8 Å². The van der Waals surface area contributed by atoms with Gasteiger partial charge in [-0.25, -0.2) is 0 Å². The summed E-state index contributed by atoms with van der Waals surface area (Å²) in [5.41, 5.74) is 1.10. The van der Waals surface area contributed by atoms with E-state index in [2.05, 4.69) is 17.1 Å². The summed E-state index contributed by atoms with van der Waals surface area (Å²) in [5.74, 6) is -0.163. The lowest BCUT2D eigenvalue weighted by Crippen LogP contribution is -2.49. The molecule has 1 aromatic rings. The Balaban J connectivity index is 2.00. The van der Waals surface area contributed by atoms with Gasteiger partial charge in [-0.15, -0.1) is 0 Å². The number of anilines is 1. The molecule has 1 amide bonds. The Bertz CT molecular complexity index is 586. The zero-order valence-electron chi connectivity index (χ0n) is 14.8. The third kappa shape index (κ3) is 4.02. The lowest BCUT2D eigenvalue weighted by Gasteiger charge is -2.42. The van der Waals surface area contributed by atoms with Gasteiger partial charge in [0.05, 0.1) is 11.7 Å². The van der Waals surface area contributed by atoms with Crippen LogP contribution in [0.5, 0.6) is 0 Å². The Hall–Kier alpha value is -1.72. The number of aliphatic hydroxyl groups is 1. The molecule has 1 aliphatic rings. The lowest BCUT2D eigenvalue weighted by atomic mass is 9.76. The summed E-state index contributed by atoms with van der Waals surface area (Å²) >= 11 is 0. The van der Waals surface area contributed by atoms with Crippen LogP contribution in [0.3, 0.4) is 0 Å². The van der Waals surface area contributed by atoms with Crippen LogP contribution in [0.2, 0.25) is 0 Å². The number of rotatable bonds is 6. The van der Waals surface area contributed by atoms with Crippen LogP contribution >= 0.6 is 0 Å². The second kappa shape index (κ2) is 7.90. The van der Waals surface area contributed by atoms with Crippen molar-refractivity contribution in [2.45, 2.75) is 46.1 Å². The molecule has 1 saturated heterocycles. The van der Waals surface area contributed by atoms with Crippen LogP contribution in [-0.4, -0.2) is 47.4 Å². The molecule has 0 spiro atoms. The molecule has 0 saturated carbocycles. The molecule has 0 aromatic heterocycles. The van der Waals surface area contributed by atoms with Crippen molar-refractivity contribution in [3.8, 4) is 0 Å². The fourth-order valence-electron chi connectivity index (χ4n) is 3.31. The molecule has 1 heterocycles. The van der Waals surface area contributed by atoms with Gasteiger partial charge in [0, 0.05) is 12.2 Å². The molecule has 5 heteroatoms. The van der Waals surface area contributed by atoms with Gasteiger partial charge in [-0.3, -0.25) is 14.5 Å². The van der Waals surface area contributed by atoms with E-state index < -0.39 is 0 Å². The summed E-state index contributed by atoms with van der Waals surface area (Å²) < 4.78 is 0. The molecule has 0 aliphatic carbocycles. The van der Waals surface area contributed by atoms with Gasteiger partial charge in [0.2, 0.25) is 5.91 Å². The Labute approximate surface area is 144 Å². The molecule has 1 atom stereocenters. The van der Waals surface area contributed by atoms with Crippen LogP contribution in [-0.2, 0) is 4.79 Å². The number of nitrogens with one attached hydrogen (secondary N) is 1. The molecule has 1 unspecified atom stereocenters. The second-order valence-electron chi connectivity index (χ2n) is 6.81. The summed E-state index contributed by atoms with van der Waals surface area (Å²) in [6.45, 7) is 7.32. The fourth-order valence-corrected chi connectivity index (χ4v) is 3.31. The summed E-state index contributed by atoms with van der Waals surface area (Å²) in [7, 11) is 0. The number of carbonyl (C=O) groups is 2. The standard InChI is InChI=1S/C19H28N2O3/c1-4-19(13-22)9-11-21(12-10-19)14(2)18(24)20-17-8-6-5-7-16(17)15(3)23/h5-8,14,22H,4,9-13H2,1-3H3,(H,20,24). The molecule has 24 heavy (non-hydrogen) atoms. The SMILES string of the molecule is CCC1(CO)CCN(C(C)C(=O)Nc2ccccc2C(C)=O)CC1. The number of hydrogen-bond acceptors (Lipinski definition) is 4. The third-order valence-electron chi connectivity index (χ3n) is 5.44. The summed E-state index contributed by atoms with van der Waals surface area (Å²) in [6.07, 6.45) is 2.77. The number of amides is 1. The maximum Gasteiger partial charge on any atom is 0.241 e. The molecule has 2 rings (SSSR count). The normalized spacial score (nSPS) is 18.8. The number of piperidine rings is 1. The minimum Gasteiger partial charge on any atom is -0.396 e. The van der Waals surface area contributed by atoms with E-state index >= 15 is 0 Å². The number of Topliss-reactive ketones (excluding diaryl/α,β-unsaturated/α-hetero) is 1. The van der Waals surface area contributed by atoms with Gasteiger partial charge in [0.25, 0.3) is 0 Å². The molecule has 1 fully saturated rings. The van der Waals surface area contributed by atoms with Crippen LogP contribution in [0.25, 0.3) is 0 Å². The zero-order chi connectivity index (χ0) is 17.7. The van der Waals surface area contributed by atoms with E-state index in [1.54, 1.807) is 18.2 Å². The Morgan fingerprint density at radius 1 is 1.29 bits per heavy atom. The topological polar surface area (TPSA) is 69.6 Å². The smallest absolute Gasteiger partial charge is 0.241 e. The number of ketones is 1. The Morgan fingerprint density at radius 2 is 1.92 bits per heavy atom. The second-order valence-corrected chi connectivity index (χ2v) is 6.81. The van der Waals surface area contributed by atoms with Crippen molar-refractivity contribution < 1.29 is 14.7 Å². The molecular formula is C19H28N2O3. The van der Waals surface area contributed by atoms with Gasteiger partial charge < -0.3 is 10.4 Å². The maximum atomic E-state index is 12.6. The summed E-state index contributed by atoms with van der Waals surface area (Å²) in [4.78, 5) is 26.4. The molecule has 2 N–H and O–H groups in total. The van der Waals surface area contributed by atoms with Gasteiger partial charge >= 0.3 is 0 Å². The van der Waals surface area contributed by atoms with E-state index in [1.165, 1.54) is 6.92 Å². The predicted octanol–water partition coefficient (Wildman–Crippen LogP) is 2.70. The third-order valence-corrected chi connectivity index (χ3v) is 5.44. The lowest BCUT2D eigenvalue weighted by molar-refractivity contribution is -0.121. The van der Waals surface area contributed by atoms with E-state index in [1.807, 2.05) is 13.0 Å². The summed E-state index contributed by atoms with van der Waals surface area (Å²) in [5, 5.41) is 12.5. The number of carbonyl (C=O) groups excluding carboxylic acids is 2. The maximum absolute atomic E-state index is 12.6. The average Bonchev–Trinajstić information content (AvgIpc) is 2.61. The monoisotopic (exact) mass is 332 g/mol. The number of hydrogen-bond donors (Lipinski definition) is 2. The Morgan fingerprint density at radius 3 is 2.46 bits per heavy atom. The van der Waals surface area contributed by atoms with E-state index in [9.17, 15) is 14.7 Å². The van der Waals surface area contributed by atoms with Crippen LogP contribution in [0, 0.1) is 5.41 Å². The van der Waals surface area contributed by atoms with Gasteiger partial charge in [-0.1, -0.05) is 19.1 Å². The van der Waals surface area contributed by atoms with Gasteiger partial charge in [-0.2, -0.15) is 0 Å². The van der Waals surface area contributed by atoms with Crippen molar-refractivity contribution in [2.75, 3.05) is 25.0 Å². The Kier molecular flexibility index (Phi) is 6.13. The largest absolute Gasteiger partial charge is 0.396 e. The first-order chi connectivity index (χ1) is 11.4. The molecule has 1 aliphatic heterocycles. The number of aliphatic hydroxyl groups excluding tert-OH is 1. The first kappa shape index (κ1) is 18.6. The number of para-hydroxylation sites is 1. The molecule has 0 bridgehead atoms. The van der Waals surface area contributed by atoms with Gasteiger partial charge in [0.15, 0.2) is 5.78 Å². The van der Waals surface area contributed by atoms with Crippen molar-refractivity contribution >= 4 is 17.4 Å². The highest BCUT2D eigenvalue weighted by Gasteiger charge is 2.35. The number of likely N-dealkylation sites (tertiary alicyclic amines) is 1. The zero-order valence-corrected chi connectivity index (χ0v) is 14.8. The average molecular weight is 332 g/mol. The predicted molar refractivity (Wildman–Crippen MR) is 95.2 cm³/mol. The molecule has 1 aromatic carbocycles.